The lowest BCUT2D eigenvalue weighted by molar-refractivity contribution is 0.0754. The zero-order valence-corrected chi connectivity index (χ0v) is 12.0. The third-order valence-corrected chi connectivity index (χ3v) is 3.70. The van der Waals surface area contributed by atoms with Gasteiger partial charge in [0.05, 0.1) is 11.1 Å². The summed E-state index contributed by atoms with van der Waals surface area (Å²) in [6.45, 7) is 3.33. The smallest absolute Gasteiger partial charge is 0.256 e. The number of nitrogens with one attached hydrogen (secondary N) is 1. The predicted octanol–water partition coefficient (Wildman–Crippen LogP) is 3.83. The largest absolute Gasteiger partial charge is 0.361 e. The minimum atomic E-state index is 0.0643. The Morgan fingerprint density at radius 3 is 2.62 bits per heavy atom. The second-order valence-corrected chi connectivity index (χ2v) is 5.05. The average molecular weight is 278 g/mol. The van der Waals surface area contributed by atoms with Crippen LogP contribution in [0.3, 0.4) is 0 Å². The molecule has 3 nitrogen and oxygen atoms in total. The number of hydrogen-bond donors (Lipinski definition) is 1. The van der Waals surface area contributed by atoms with Crippen molar-refractivity contribution in [1.82, 2.24) is 9.88 Å². The van der Waals surface area contributed by atoms with Crippen LogP contribution in [0.15, 0.2) is 60.8 Å². The Labute approximate surface area is 124 Å². The van der Waals surface area contributed by atoms with Crippen molar-refractivity contribution in [3.63, 3.8) is 0 Å². The van der Waals surface area contributed by atoms with Gasteiger partial charge in [-0.3, -0.25) is 4.79 Å². The van der Waals surface area contributed by atoms with Gasteiger partial charge in [-0.2, -0.15) is 0 Å². The summed E-state index contributed by atoms with van der Waals surface area (Å²) < 4.78 is 0. The van der Waals surface area contributed by atoms with Crippen molar-refractivity contribution in [2.24, 2.45) is 0 Å². The van der Waals surface area contributed by atoms with Gasteiger partial charge in [0.2, 0.25) is 0 Å². The lowest BCUT2D eigenvalue weighted by Gasteiger charge is -2.21. The fourth-order valence-corrected chi connectivity index (χ4v) is 2.56. The molecule has 1 aromatic heterocycles. The first-order valence-corrected chi connectivity index (χ1v) is 7.19. The number of H-pyrrole nitrogens is 1. The molecule has 1 amide bonds. The van der Waals surface area contributed by atoms with E-state index in [1.165, 1.54) is 0 Å². The molecule has 0 aliphatic rings. The SMILES string of the molecule is CCN(Cc1ccccc1)C(=O)c1cccc2cc[nH]c12. The molecule has 1 heterocycles. The minimum absolute atomic E-state index is 0.0643. The molecule has 3 heteroatoms. The third-order valence-electron chi connectivity index (χ3n) is 3.70. The fraction of sp³-hybridized carbons (Fsp3) is 0.167. The van der Waals surface area contributed by atoms with Gasteiger partial charge in [-0.1, -0.05) is 42.5 Å². The van der Waals surface area contributed by atoms with Crippen molar-refractivity contribution < 1.29 is 4.79 Å². The number of aromatic nitrogens is 1. The quantitative estimate of drug-likeness (QED) is 0.773. The van der Waals surface area contributed by atoms with E-state index in [1.54, 1.807) is 0 Å². The van der Waals surface area contributed by atoms with Crippen molar-refractivity contribution in [3.05, 3.63) is 71.9 Å². The van der Waals surface area contributed by atoms with E-state index in [0.29, 0.717) is 13.1 Å². The standard InChI is InChI=1S/C18H18N2O/c1-2-20(13-14-7-4-3-5-8-14)18(21)16-10-6-9-15-11-12-19-17(15)16/h3-12,19H,2,13H2,1H3. The van der Waals surface area contributed by atoms with Crippen molar-refractivity contribution in [2.75, 3.05) is 6.54 Å². The predicted molar refractivity (Wildman–Crippen MR) is 85.2 cm³/mol. The van der Waals surface area contributed by atoms with Crippen LogP contribution < -0.4 is 0 Å². The molecular formula is C18H18N2O. The molecule has 3 rings (SSSR count). The van der Waals surface area contributed by atoms with Crippen LogP contribution in [-0.4, -0.2) is 22.3 Å². The topological polar surface area (TPSA) is 36.1 Å². The monoisotopic (exact) mass is 278 g/mol. The van der Waals surface area contributed by atoms with E-state index in [2.05, 4.69) is 4.98 Å². The summed E-state index contributed by atoms with van der Waals surface area (Å²) in [5, 5.41) is 1.07. The van der Waals surface area contributed by atoms with Gasteiger partial charge in [0, 0.05) is 24.7 Å². The summed E-state index contributed by atoms with van der Waals surface area (Å²) in [5.74, 6) is 0.0643. The molecule has 106 valence electrons. The van der Waals surface area contributed by atoms with Gasteiger partial charge in [-0.25, -0.2) is 0 Å². The molecule has 21 heavy (non-hydrogen) atoms. The molecule has 0 fully saturated rings. The molecule has 0 radical (unpaired) electrons. The van der Waals surface area contributed by atoms with Crippen LogP contribution in [-0.2, 0) is 6.54 Å². The first-order valence-electron chi connectivity index (χ1n) is 7.19. The summed E-state index contributed by atoms with van der Waals surface area (Å²) in [6.07, 6.45) is 1.87. The lowest BCUT2D eigenvalue weighted by Crippen LogP contribution is -2.30. The van der Waals surface area contributed by atoms with Crippen molar-refractivity contribution in [1.29, 1.82) is 0 Å². The van der Waals surface area contributed by atoms with Crippen LogP contribution in [0.2, 0.25) is 0 Å². The van der Waals surface area contributed by atoms with E-state index in [-0.39, 0.29) is 5.91 Å². The Morgan fingerprint density at radius 2 is 1.86 bits per heavy atom. The number of carbonyl (C=O) groups excluding carboxylic acids is 1. The summed E-state index contributed by atoms with van der Waals surface area (Å²) in [5.41, 5.74) is 2.79. The molecule has 0 saturated carbocycles. The van der Waals surface area contributed by atoms with Crippen LogP contribution >= 0.6 is 0 Å². The Balaban J connectivity index is 1.90. The second-order valence-electron chi connectivity index (χ2n) is 5.05. The van der Waals surface area contributed by atoms with Gasteiger partial charge in [0.15, 0.2) is 0 Å². The van der Waals surface area contributed by atoms with E-state index in [0.717, 1.165) is 22.0 Å². The summed E-state index contributed by atoms with van der Waals surface area (Å²) in [4.78, 5) is 17.8. The fourth-order valence-electron chi connectivity index (χ4n) is 2.56. The Bertz CT molecular complexity index is 746. The van der Waals surface area contributed by atoms with E-state index in [9.17, 15) is 4.79 Å². The molecule has 0 aliphatic heterocycles. The van der Waals surface area contributed by atoms with Crippen LogP contribution in [0.25, 0.3) is 10.9 Å². The molecule has 0 atom stereocenters. The van der Waals surface area contributed by atoms with Gasteiger partial charge < -0.3 is 9.88 Å². The molecule has 0 spiro atoms. The van der Waals surface area contributed by atoms with Crippen molar-refractivity contribution in [3.8, 4) is 0 Å². The van der Waals surface area contributed by atoms with Crippen LogP contribution in [0.1, 0.15) is 22.8 Å². The summed E-state index contributed by atoms with van der Waals surface area (Å²) in [7, 11) is 0. The number of fused-ring (bicyclic) bond motifs is 1. The molecule has 0 unspecified atom stereocenters. The van der Waals surface area contributed by atoms with Gasteiger partial charge in [0.25, 0.3) is 5.91 Å². The highest BCUT2D eigenvalue weighted by atomic mass is 16.2. The van der Waals surface area contributed by atoms with Crippen LogP contribution in [0.5, 0.6) is 0 Å². The molecule has 0 bridgehead atoms. The number of para-hydroxylation sites is 1. The Hall–Kier alpha value is -2.55. The van der Waals surface area contributed by atoms with Gasteiger partial charge in [-0.05, 0) is 24.6 Å². The number of rotatable bonds is 4. The zero-order chi connectivity index (χ0) is 14.7. The third kappa shape index (κ3) is 2.68. The van der Waals surface area contributed by atoms with Gasteiger partial charge in [0.1, 0.15) is 0 Å². The number of hydrogen-bond acceptors (Lipinski definition) is 1. The number of carbonyl (C=O) groups is 1. The molecule has 0 aliphatic carbocycles. The highest BCUT2D eigenvalue weighted by Crippen LogP contribution is 2.19. The molecule has 0 saturated heterocycles. The maximum absolute atomic E-state index is 12.8. The summed E-state index contributed by atoms with van der Waals surface area (Å²) in [6, 6.07) is 17.9. The number of benzene rings is 2. The normalized spacial score (nSPS) is 10.7. The first-order chi connectivity index (χ1) is 10.3. The number of nitrogens with zero attached hydrogens (tertiary/aromatic N) is 1. The van der Waals surface area contributed by atoms with Crippen LogP contribution in [0.4, 0.5) is 0 Å². The molecule has 1 N–H and O–H groups in total. The summed E-state index contributed by atoms with van der Waals surface area (Å²) >= 11 is 0. The Morgan fingerprint density at radius 1 is 1.05 bits per heavy atom. The molecule has 3 aromatic rings. The second kappa shape index (κ2) is 5.83. The van der Waals surface area contributed by atoms with Crippen LogP contribution in [0, 0.1) is 0 Å². The highest BCUT2D eigenvalue weighted by molar-refractivity contribution is 6.05. The average Bonchev–Trinajstić information content (AvgIpc) is 3.01. The van der Waals surface area contributed by atoms with E-state index < -0.39 is 0 Å². The Kier molecular flexibility index (Phi) is 3.73. The molecular weight excluding hydrogens is 260 g/mol. The van der Waals surface area contributed by atoms with E-state index >= 15 is 0 Å². The van der Waals surface area contributed by atoms with Crippen molar-refractivity contribution in [2.45, 2.75) is 13.5 Å². The minimum Gasteiger partial charge on any atom is -0.361 e. The first kappa shape index (κ1) is 13.4. The van der Waals surface area contributed by atoms with E-state index in [4.69, 9.17) is 0 Å². The lowest BCUT2D eigenvalue weighted by atomic mass is 10.1. The maximum atomic E-state index is 12.8. The van der Waals surface area contributed by atoms with Gasteiger partial charge in [-0.15, -0.1) is 0 Å². The maximum Gasteiger partial charge on any atom is 0.256 e. The van der Waals surface area contributed by atoms with Crippen molar-refractivity contribution >= 4 is 16.8 Å². The highest BCUT2D eigenvalue weighted by Gasteiger charge is 2.17. The number of amides is 1. The van der Waals surface area contributed by atoms with E-state index in [1.807, 2.05) is 72.6 Å². The zero-order valence-electron chi connectivity index (χ0n) is 12.0. The van der Waals surface area contributed by atoms with Gasteiger partial charge >= 0.3 is 0 Å². The molecule has 2 aromatic carbocycles. The number of aromatic amines is 1.